The van der Waals surface area contributed by atoms with Crippen molar-refractivity contribution in [2.45, 2.75) is 88.7 Å². The highest BCUT2D eigenvalue weighted by molar-refractivity contribution is 5.96. The topological polar surface area (TPSA) is 65.1 Å². The van der Waals surface area contributed by atoms with Crippen LogP contribution in [-0.4, -0.2) is 52.5 Å². The summed E-state index contributed by atoms with van der Waals surface area (Å²) in [5, 5.41) is 0. The average Bonchev–Trinajstić information content (AvgIpc) is 3.00. The van der Waals surface area contributed by atoms with Gasteiger partial charge in [-0.25, -0.2) is 0 Å². The van der Waals surface area contributed by atoms with Gasteiger partial charge in [0.25, 0.3) is 0 Å². The quantitative estimate of drug-likeness (QED) is 0.676. The summed E-state index contributed by atoms with van der Waals surface area (Å²) < 4.78 is 18.3. The highest BCUT2D eigenvalue weighted by atomic mass is 16.8. The summed E-state index contributed by atoms with van der Waals surface area (Å²) >= 11 is 0. The highest BCUT2D eigenvalue weighted by Crippen LogP contribution is 2.49. The first-order valence-corrected chi connectivity index (χ1v) is 8.22. The van der Waals surface area contributed by atoms with Crippen molar-refractivity contribution in [2.75, 3.05) is 0 Å². The number of hydrogen-bond acceptors (Lipinski definition) is 5. The van der Waals surface area contributed by atoms with Crippen LogP contribution in [0.1, 0.15) is 52.9 Å². The second-order valence-electron chi connectivity index (χ2n) is 7.36. The lowest BCUT2D eigenvalue weighted by Crippen LogP contribution is -2.51. The van der Waals surface area contributed by atoms with Gasteiger partial charge in [-0.05, 0) is 26.7 Å². The van der Waals surface area contributed by atoms with E-state index in [0.717, 1.165) is 25.7 Å². The van der Waals surface area contributed by atoms with Gasteiger partial charge in [0.1, 0.15) is 24.0 Å². The molecule has 1 amide bonds. The van der Waals surface area contributed by atoms with E-state index >= 15 is 0 Å². The Kier molecular flexibility index (Phi) is 3.00. The molecule has 2 saturated heterocycles. The molecule has 2 heterocycles. The molecular weight excluding hydrogens is 286 g/mol. The zero-order chi connectivity index (χ0) is 15.7. The number of hydrogen-bond donors (Lipinski definition) is 0. The molecule has 1 spiro atoms. The third-order valence-corrected chi connectivity index (χ3v) is 5.44. The molecule has 2 saturated carbocycles. The molecule has 122 valence electrons. The Labute approximate surface area is 130 Å². The van der Waals surface area contributed by atoms with Crippen LogP contribution >= 0.6 is 0 Å². The van der Waals surface area contributed by atoms with Crippen LogP contribution in [0.25, 0.3) is 0 Å². The second kappa shape index (κ2) is 4.52. The van der Waals surface area contributed by atoms with E-state index < -0.39 is 29.8 Å². The molecule has 2 aliphatic carbocycles. The number of ether oxygens (including phenoxy) is 3. The number of carbonyl (C=O) groups is 2. The molecular formula is C16H23NO5. The molecule has 0 radical (unpaired) electrons. The fraction of sp³-hybridized carbons (Fsp3) is 0.875. The average molecular weight is 309 g/mol. The smallest absolute Gasteiger partial charge is 0.222 e. The number of carbonyl (C=O) groups excluding carboxylic acids is 2. The number of ketones is 1. The third-order valence-electron chi connectivity index (χ3n) is 5.44. The van der Waals surface area contributed by atoms with Gasteiger partial charge in [0.2, 0.25) is 5.91 Å². The predicted octanol–water partition coefficient (Wildman–Crippen LogP) is 1.37. The van der Waals surface area contributed by atoms with Crippen molar-refractivity contribution >= 4 is 11.7 Å². The first kappa shape index (κ1) is 14.6. The Balaban J connectivity index is 1.63. The zero-order valence-corrected chi connectivity index (χ0v) is 13.3. The normalized spacial score (nSPS) is 41.8. The fourth-order valence-corrected chi connectivity index (χ4v) is 4.64. The molecule has 0 bridgehead atoms. The number of rotatable bonds is 0. The molecule has 4 rings (SSSR count). The first-order valence-electron chi connectivity index (χ1n) is 8.22. The highest BCUT2D eigenvalue weighted by Gasteiger charge is 2.68. The molecule has 0 N–H and O–H groups in total. The molecule has 2 aliphatic heterocycles. The fourth-order valence-electron chi connectivity index (χ4n) is 4.64. The van der Waals surface area contributed by atoms with Gasteiger partial charge in [-0.2, -0.15) is 0 Å². The lowest BCUT2D eigenvalue weighted by atomic mass is 9.94. The SMILES string of the molecule is CC(=O)N1[C@H]2C(=O)[C@@H]3OC4(CCCCC4)O[C@@H]3[C@H]2OC1(C)C. The van der Waals surface area contributed by atoms with Crippen LogP contribution < -0.4 is 0 Å². The van der Waals surface area contributed by atoms with Crippen molar-refractivity contribution in [1.29, 1.82) is 0 Å². The van der Waals surface area contributed by atoms with E-state index in [0.29, 0.717) is 0 Å². The minimum absolute atomic E-state index is 0.0711. The monoisotopic (exact) mass is 309 g/mol. The van der Waals surface area contributed by atoms with Crippen molar-refractivity contribution in [2.24, 2.45) is 0 Å². The van der Waals surface area contributed by atoms with Gasteiger partial charge in [0, 0.05) is 19.8 Å². The molecule has 4 fully saturated rings. The van der Waals surface area contributed by atoms with Crippen LogP contribution in [0, 0.1) is 0 Å². The maximum absolute atomic E-state index is 12.8. The van der Waals surface area contributed by atoms with E-state index in [1.807, 2.05) is 13.8 Å². The molecule has 6 nitrogen and oxygen atoms in total. The van der Waals surface area contributed by atoms with E-state index in [9.17, 15) is 9.59 Å². The van der Waals surface area contributed by atoms with Crippen LogP contribution in [0.5, 0.6) is 0 Å². The first-order chi connectivity index (χ1) is 10.3. The van der Waals surface area contributed by atoms with Crippen molar-refractivity contribution in [3.05, 3.63) is 0 Å². The largest absolute Gasteiger partial charge is 0.347 e. The summed E-state index contributed by atoms with van der Waals surface area (Å²) in [4.78, 5) is 26.3. The Morgan fingerprint density at radius 3 is 2.41 bits per heavy atom. The van der Waals surface area contributed by atoms with Crippen LogP contribution in [0.3, 0.4) is 0 Å². The minimum atomic E-state index is -0.784. The summed E-state index contributed by atoms with van der Waals surface area (Å²) in [5.41, 5.74) is -0.784. The van der Waals surface area contributed by atoms with Gasteiger partial charge in [-0.15, -0.1) is 0 Å². The van der Waals surface area contributed by atoms with Crippen molar-refractivity contribution in [3.63, 3.8) is 0 Å². The molecule has 0 aromatic rings. The van der Waals surface area contributed by atoms with E-state index in [1.165, 1.54) is 13.3 Å². The predicted molar refractivity (Wildman–Crippen MR) is 75.8 cm³/mol. The molecule has 0 aromatic carbocycles. The summed E-state index contributed by atoms with van der Waals surface area (Å²) in [7, 11) is 0. The van der Waals surface area contributed by atoms with Crippen LogP contribution in [0.2, 0.25) is 0 Å². The van der Waals surface area contributed by atoms with Gasteiger partial charge >= 0.3 is 0 Å². The summed E-state index contributed by atoms with van der Waals surface area (Å²) in [5.74, 6) is -0.831. The van der Waals surface area contributed by atoms with Crippen LogP contribution in [0.15, 0.2) is 0 Å². The Bertz CT molecular complexity index is 525. The summed E-state index contributed by atoms with van der Waals surface area (Å²) in [6.07, 6.45) is 3.59. The Hall–Kier alpha value is -0.980. The lowest BCUT2D eigenvalue weighted by Gasteiger charge is -2.34. The maximum atomic E-state index is 12.8. The van der Waals surface area contributed by atoms with E-state index in [2.05, 4.69) is 0 Å². The van der Waals surface area contributed by atoms with E-state index in [1.54, 1.807) is 4.90 Å². The van der Waals surface area contributed by atoms with Gasteiger partial charge in [0.15, 0.2) is 17.7 Å². The summed E-state index contributed by atoms with van der Waals surface area (Å²) in [6, 6.07) is -0.580. The molecule has 4 atom stereocenters. The molecule has 22 heavy (non-hydrogen) atoms. The van der Waals surface area contributed by atoms with Gasteiger partial charge < -0.3 is 19.1 Å². The van der Waals surface area contributed by atoms with E-state index in [4.69, 9.17) is 14.2 Å². The van der Waals surface area contributed by atoms with Gasteiger partial charge in [-0.1, -0.05) is 6.42 Å². The van der Waals surface area contributed by atoms with Crippen molar-refractivity contribution < 1.29 is 23.8 Å². The number of amides is 1. The van der Waals surface area contributed by atoms with E-state index in [-0.39, 0.29) is 17.8 Å². The summed E-state index contributed by atoms with van der Waals surface area (Å²) in [6.45, 7) is 5.11. The standard InChI is InChI=1S/C16H23NO5/c1-9(18)17-10-11(19)13-14(12(10)20-15(17,2)3)22-16(21-13)7-5-4-6-8-16/h10,12-14H,4-8H2,1-3H3/t10-,12-,13-,14+/m0/s1. The van der Waals surface area contributed by atoms with Crippen molar-refractivity contribution in [3.8, 4) is 0 Å². The van der Waals surface area contributed by atoms with Crippen LogP contribution in [-0.2, 0) is 23.8 Å². The maximum Gasteiger partial charge on any atom is 0.222 e. The van der Waals surface area contributed by atoms with Crippen LogP contribution in [0.4, 0.5) is 0 Å². The lowest BCUT2D eigenvalue weighted by molar-refractivity contribution is -0.208. The minimum Gasteiger partial charge on any atom is -0.347 e. The number of Topliss-reactive ketones (excluding diaryl/α,β-unsaturated/α-hetero) is 1. The second-order valence-corrected chi connectivity index (χ2v) is 7.36. The van der Waals surface area contributed by atoms with Gasteiger partial charge in [-0.3, -0.25) is 9.59 Å². The molecule has 0 aromatic heterocycles. The molecule has 0 unspecified atom stereocenters. The number of fused-ring (bicyclic) bond motifs is 3. The molecule has 4 aliphatic rings. The third kappa shape index (κ3) is 1.83. The van der Waals surface area contributed by atoms with Crippen molar-refractivity contribution in [1.82, 2.24) is 4.90 Å². The Morgan fingerprint density at radius 1 is 1.09 bits per heavy atom. The molecule has 6 heteroatoms. The number of nitrogens with zero attached hydrogens (tertiary/aromatic N) is 1. The van der Waals surface area contributed by atoms with Gasteiger partial charge in [0.05, 0.1) is 0 Å². The Morgan fingerprint density at radius 2 is 1.77 bits per heavy atom. The zero-order valence-electron chi connectivity index (χ0n) is 13.3.